The Kier molecular flexibility index (Phi) is 5.62. The summed E-state index contributed by atoms with van der Waals surface area (Å²) in [6.07, 6.45) is 2.12. The van der Waals surface area contributed by atoms with Crippen LogP contribution in [0.1, 0.15) is 45.7 Å². The minimum absolute atomic E-state index is 0.0523. The smallest absolute Gasteiger partial charge is 0.410 e. The third-order valence-electron chi connectivity index (χ3n) is 3.67. The molecule has 128 valence electrons. The minimum atomic E-state index is -0.561. The summed E-state index contributed by atoms with van der Waals surface area (Å²) in [6.45, 7) is 6.52. The molecule has 0 aromatic carbocycles. The zero-order valence-electron chi connectivity index (χ0n) is 14.2. The summed E-state index contributed by atoms with van der Waals surface area (Å²) in [5.41, 5.74) is 2.06. The number of carbonyl (C=O) groups is 2. The fourth-order valence-corrected chi connectivity index (χ4v) is 3.17. The number of likely N-dealkylation sites (tertiary alicyclic amines) is 1. The maximum atomic E-state index is 12.8. The van der Waals surface area contributed by atoms with E-state index in [1.54, 1.807) is 22.4 Å². The van der Waals surface area contributed by atoms with Gasteiger partial charge in [0.25, 0.3) is 0 Å². The summed E-state index contributed by atoms with van der Waals surface area (Å²) < 4.78 is 5.45. The molecule has 0 radical (unpaired) electrons. The molecule has 0 saturated carbocycles. The van der Waals surface area contributed by atoms with Crippen molar-refractivity contribution in [2.24, 2.45) is 0 Å². The van der Waals surface area contributed by atoms with Gasteiger partial charge in [-0.3, -0.25) is 9.69 Å². The Morgan fingerprint density at radius 3 is 2.78 bits per heavy atom. The molecule has 0 N–H and O–H groups in total. The molecule has 1 aromatic rings. The van der Waals surface area contributed by atoms with E-state index in [4.69, 9.17) is 4.74 Å². The molecule has 1 aliphatic heterocycles. The first-order chi connectivity index (χ1) is 10.8. The highest BCUT2D eigenvalue weighted by Crippen LogP contribution is 2.22. The molecular formula is C16H25N3O3S. The van der Waals surface area contributed by atoms with Gasteiger partial charge < -0.3 is 9.64 Å². The van der Waals surface area contributed by atoms with E-state index in [0.717, 1.165) is 18.5 Å². The number of thiazole rings is 1. The van der Waals surface area contributed by atoms with Crippen molar-refractivity contribution < 1.29 is 14.3 Å². The second kappa shape index (κ2) is 7.29. The Bertz CT molecular complexity index is 539. The van der Waals surface area contributed by atoms with Crippen molar-refractivity contribution >= 4 is 23.3 Å². The summed E-state index contributed by atoms with van der Waals surface area (Å²) in [5.74, 6) is -0.0523. The number of rotatable bonds is 3. The fourth-order valence-electron chi connectivity index (χ4n) is 2.62. The third kappa shape index (κ3) is 4.92. The van der Waals surface area contributed by atoms with Crippen LogP contribution in [-0.2, 0) is 16.1 Å². The topological polar surface area (TPSA) is 62.7 Å². The number of likely N-dealkylation sites (N-methyl/N-ethyl adjacent to an activating group) is 1. The van der Waals surface area contributed by atoms with Crippen molar-refractivity contribution in [2.75, 3.05) is 13.6 Å². The average Bonchev–Trinajstić information content (AvgIpc) is 2.97. The molecule has 2 rings (SSSR count). The predicted molar refractivity (Wildman–Crippen MR) is 89.2 cm³/mol. The van der Waals surface area contributed by atoms with E-state index in [9.17, 15) is 9.59 Å². The van der Waals surface area contributed by atoms with Crippen molar-refractivity contribution in [1.29, 1.82) is 0 Å². The Morgan fingerprint density at radius 1 is 1.43 bits per heavy atom. The van der Waals surface area contributed by atoms with Crippen LogP contribution >= 0.6 is 11.3 Å². The van der Waals surface area contributed by atoms with E-state index in [1.165, 1.54) is 11.3 Å². The molecule has 0 spiro atoms. The first kappa shape index (κ1) is 17.7. The normalized spacial score (nSPS) is 18.6. The maximum Gasteiger partial charge on any atom is 0.410 e. The summed E-state index contributed by atoms with van der Waals surface area (Å²) in [7, 11) is 1.75. The van der Waals surface area contributed by atoms with Crippen molar-refractivity contribution in [2.45, 2.75) is 58.2 Å². The number of hydrogen-bond donors (Lipinski definition) is 0. The van der Waals surface area contributed by atoms with Crippen LogP contribution in [0.3, 0.4) is 0 Å². The highest BCUT2D eigenvalue weighted by Gasteiger charge is 2.36. The Labute approximate surface area is 141 Å². The van der Waals surface area contributed by atoms with Gasteiger partial charge in [0.05, 0.1) is 17.7 Å². The van der Waals surface area contributed by atoms with Gasteiger partial charge in [0.1, 0.15) is 11.6 Å². The predicted octanol–water partition coefficient (Wildman–Crippen LogP) is 2.89. The molecule has 23 heavy (non-hydrogen) atoms. The van der Waals surface area contributed by atoms with E-state index >= 15 is 0 Å². The highest BCUT2D eigenvalue weighted by molar-refractivity contribution is 7.07. The highest BCUT2D eigenvalue weighted by atomic mass is 32.1. The van der Waals surface area contributed by atoms with Gasteiger partial charge in [-0.25, -0.2) is 9.78 Å². The zero-order valence-corrected chi connectivity index (χ0v) is 15.1. The second-order valence-electron chi connectivity index (χ2n) is 6.86. The molecule has 0 aliphatic carbocycles. The van der Waals surface area contributed by atoms with Crippen LogP contribution in [0.5, 0.6) is 0 Å². The summed E-state index contributed by atoms with van der Waals surface area (Å²) >= 11 is 1.51. The standard InChI is InChI=1S/C16H25N3O3S/c1-16(2,3)22-15(21)19-8-6-5-7-13(19)14(20)18(4)9-12-10-23-11-17-12/h10-11,13H,5-9H2,1-4H3/t13-/m1/s1. The summed E-state index contributed by atoms with van der Waals surface area (Å²) in [5, 5.41) is 1.93. The minimum Gasteiger partial charge on any atom is -0.444 e. The fraction of sp³-hybridized carbons (Fsp3) is 0.688. The number of amides is 2. The average molecular weight is 339 g/mol. The van der Waals surface area contributed by atoms with Crippen LogP contribution in [0.2, 0.25) is 0 Å². The zero-order chi connectivity index (χ0) is 17.0. The lowest BCUT2D eigenvalue weighted by Crippen LogP contribution is -2.53. The summed E-state index contributed by atoms with van der Waals surface area (Å²) in [4.78, 5) is 32.6. The van der Waals surface area contributed by atoms with Crippen LogP contribution in [0.4, 0.5) is 4.79 Å². The molecule has 0 unspecified atom stereocenters. The van der Waals surface area contributed by atoms with Gasteiger partial charge in [0.2, 0.25) is 5.91 Å². The van der Waals surface area contributed by atoms with E-state index in [-0.39, 0.29) is 5.91 Å². The Balaban J connectivity index is 2.04. The van der Waals surface area contributed by atoms with Gasteiger partial charge in [-0.05, 0) is 40.0 Å². The molecule has 6 nitrogen and oxygen atoms in total. The number of ether oxygens (including phenoxy) is 1. The molecule has 1 aromatic heterocycles. The van der Waals surface area contributed by atoms with Crippen LogP contribution < -0.4 is 0 Å². The number of hydrogen-bond acceptors (Lipinski definition) is 5. The van der Waals surface area contributed by atoms with Crippen LogP contribution in [0, 0.1) is 0 Å². The first-order valence-electron chi connectivity index (χ1n) is 7.89. The SMILES string of the molecule is CN(Cc1cscn1)C(=O)[C@H]1CCCCN1C(=O)OC(C)(C)C. The molecule has 1 saturated heterocycles. The molecule has 1 fully saturated rings. The summed E-state index contributed by atoms with van der Waals surface area (Å²) in [6, 6.07) is -0.442. The van der Waals surface area contributed by atoms with Crippen LogP contribution in [0.25, 0.3) is 0 Å². The van der Waals surface area contributed by atoms with Crippen molar-refractivity contribution in [1.82, 2.24) is 14.8 Å². The van der Waals surface area contributed by atoms with E-state index < -0.39 is 17.7 Å². The Morgan fingerprint density at radius 2 is 2.17 bits per heavy atom. The van der Waals surface area contributed by atoms with E-state index in [1.807, 2.05) is 26.2 Å². The molecular weight excluding hydrogens is 314 g/mol. The van der Waals surface area contributed by atoms with Crippen LogP contribution in [0.15, 0.2) is 10.9 Å². The van der Waals surface area contributed by atoms with Gasteiger partial charge in [0, 0.05) is 19.0 Å². The molecule has 0 bridgehead atoms. The van der Waals surface area contributed by atoms with Crippen LogP contribution in [-0.4, -0.2) is 52.0 Å². The number of carbonyl (C=O) groups excluding carboxylic acids is 2. The quantitative estimate of drug-likeness (QED) is 0.849. The monoisotopic (exact) mass is 339 g/mol. The van der Waals surface area contributed by atoms with Gasteiger partial charge in [-0.1, -0.05) is 0 Å². The molecule has 1 atom stereocenters. The maximum absolute atomic E-state index is 12.8. The molecule has 1 aliphatic rings. The second-order valence-corrected chi connectivity index (χ2v) is 7.58. The number of piperidine rings is 1. The lowest BCUT2D eigenvalue weighted by Gasteiger charge is -2.37. The largest absolute Gasteiger partial charge is 0.444 e. The van der Waals surface area contributed by atoms with Crippen molar-refractivity contribution in [3.63, 3.8) is 0 Å². The molecule has 2 heterocycles. The van der Waals surface area contributed by atoms with E-state index in [2.05, 4.69) is 4.98 Å². The molecule has 2 amide bonds. The number of nitrogens with zero attached hydrogens (tertiary/aromatic N) is 3. The lowest BCUT2D eigenvalue weighted by molar-refractivity contribution is -0.137. The van der Waals surface area contributed by atoms with Gasteiger partial charge in [-0.2, -0.15) is 0 Å². The van der Waals surface area contributed by atoms with Crippen molar-refractivity contribution in [3.05, 3.63) is 16.6 Å². The lowest BCUT2D eigenvalue weighted by atomic mass is 10.0. The van der Waals surface area contributed by atoms with Gasteiger partial charge in [-0.15, -0.1) is 11.3 Å². The number of aromatic nitrogens is 1. The first-order valence-corrected chi connectivity index (χ1v) is 8.84. The van der Waals surface area contributed by atoms with Gasteiger partial charge >= 0.3 is 6.09 Å². The third-order valence-corrected chi connectivity index (χ3v) is 4.31. The molecule has 7 heteroatoms. The van der Waals surface area contributed by atoms with Gasteiger partial charge in [0.15, 0.2) is 0 Å². The Hall–Kier alpha value is -1.63. The van der Waals surface area contributed by atoms with Crippen molar-refractivity contribution in [3.8, 4) is 0 Å². The van der Waals surface area contributed by atoms with E-state index in [0.29, 0.717) is 19.5 Å².